The van der Waals surface area contributed by atoms with Crippen LogP contribution in [0.2, 0.25) is 0 Å². The van der Waals surface area contributed by atoms with E-state index >= 15 is 0 Å². The van der Waals surface area contributed by atoms with E-state index in [0.717, 1.165) is 0 Å². The van der Waals surface area contributed by atoms with Gasteiger partial charge in [-0.15, -0.1) is 0 Å². The minimum atomic E-state index is 1.57. The summed E-state index contributed by atoms with van der Waals surface area (Å²) in [6, 6.07) is 0. The van der Waals surface area contributed by atoms with E-state index in [1.165, 1.54) is 0 Å². The summed E-state index contributed by atoms with van der Waals surface area (Å²) in [5.41, 5.74) is 1.57. The molecule has 0 aromatic heterocycles. The van der Waals surface area contributed by atoms with Crippen LogP contribution >= 0.6 is 0 Å². The first-order valence-electron chi connectivity index (χ1n) is 0.931. The third kappa shape index (κ3) is 1.74. The Kier molecular flexibility index (Phi) is 2.56. The van der Waals surface area contributed by atoms with Crippen molar-refractivity contribution in [3.63, 3.8) is 0 Å². The second kappa shape index (κ2) is 2.74. The van der Waals surface area contributed by atoms with Crippen LogP contribution in [0.25, 0.3) is 0 Å². The number of rotatable bonds is 1. The van der Waals surface area contributed by atoms with Crippen molar-refractivity contribution in [3.05, 3.63) is 12.7 Å². The molecule has 0 saturated carbocycles. The maximum absolute atomic E-state index is 3.25. The minimum absolute atomic E-state index is 1.57. The smallest absolute Gasteiger partial charge is 0.200 e. The molecule has 0 aliphatic heterocycles. The SMILES string of the molecule is C=[C+]C=[Si-]. The molecule has 0 amide bonds. The molecule has 4 heavy (non-hydrogen) atoms. The summed E-state index contributed by atoms with van der Waals surface area (Å²) in [6.07, 6.45) is 2.47. The van der Waals surface area contributed by atoms with Crippen molar-refractivity contribution in [2.75, 3.05) is 0 Å². The van der Waals surface area contributed by atoms with Crippen molar-refractivity contribution in [1.82, 2.24) is 0 Å². The topological polar surface area (TPSA) is 0 Å². The van der Waals surface area contributed by atoms with E-state index in [1.54, 1.807) is 5.67 Å². The number of hydrogen-bond donors (Lipinski definition) is 0. The highest BCUT2D eigenvalue weighted by Gasteiger charge is 1.41. The molecule has 0 fully saturated rings. The molecule has 0 aliphatic rings. The summed E-state index contributed by atoms with van der Waals surface area (Å²) < 4.78 is 0. The monoisotopic (exact) mass is 67.0 g/mol. The van der Waals surface area contributed by atoms with E-state index in [4.69, 9.17) is 0 Å². The molecule has 19 valence electrons. The first-order chi connectivity index (χ1) is 1.91. The highest BCUT2D eigenvalue weighted by molar-refractivity contribution is 6.29. The average Bonchev–Trinajstić information content (AvgIpc) is 1.37. The largest absolute Gasteiger partial charge is 0.586 e. The lowest BCUT2D eigenvalue weighted by molar-refractivity contribution is 2.39. The second-order valence-corrected chi connectivity index (χ2v) is 0.637. The van der Waals surface area contributed by atoms with Gasteiger partial charge in [-0.05, 0) is 0 Å². The zero-order valence-electron chi connectivity index (χ0n) is 2.28. The molecule has 1 heteroatoms. The van der Waals surface area contributed by atoms with E-state index in [-0.39, 0.29) is 0 Å². The molecule has 0 saturated heterocycles. The maximum Gasteiger partial charge on any atom is 0.200 e. The lowest BCUT2D eigenvalue weighted by atomic mass is 10.8. The molecular weight excluding hydrogens is 64.1 g/mol. The van der Waals surface area contributed by atoms with Gasteiger partial charge in [-0.25, -0.2) is 0 Å². The zero-order valence-corrected chi connectivity index (χ0v) is 3.28. The van der Waals surface area contributed by atoms with Gasteiger partial charge in [-0.1, -0.05) is 5.67 Å². The minimum Gasteiger partial charge on any atom is -0.586 e. The summed E-state index contributed by atoms with van der Waals surface area (Å²) in [5, 5.41) is 0. The van der Waals surface area contributed by atoms with E-state index in [1.807, 2.05) is 0 Å². The lowest BCUT2D eigenvalue weighted by Gasteiger charge is -1.42. The Labute approximate surface area is 29.2 Å². The molecule has 0 unspecified atom stereocenters. The van der Waals surface area contributed by atoms with Crippen molar-refractivity contribution in [1.29, 1.82) is 0 Å². The molecule has 0 aliphatic carbocycles. The first-order valence-corrected chi connectivity index (χ1v) is 1.51. The van der Waals surface area contributed by atoms with Gasteiger partial charge in [0.1, 0.15) is 6.58 Å². The Morgan fingerprint density at radius 1 is 2.00 bits per heavy atom. The van der Waals surface area contributed by atoms with E-state index in [2.05, 4.69) is 22.5 Å². The van der Waals surface area contributed by atoms with Crippen LogP contribution in [0.1, 0.15) is 0 Å². The zero-order chi connectivity index (χ0) is 3.41. The van der Waals surface area contributed by atoms with Gasteiger partial charge in [0.05, 0.1) is 0 Å². The van der Waals surface area contributed by atoms with Crippen LogP contribution in [0, 0.1) is 6.08 Å². The summed E-state index contributed by atoms with van der Waals surface area (Å²) in [6.45, 7) is 3.25. The predicted octanol–water partition coefficient (Wildman–Crippen LogP) is -0.0537. The normalized spacial score (nSPS) is 4.00. The van der Waals surface area contributed by atoms with Gasteiger partial charge < -0.3 is 9.85 Å². The molecule has 0 aromatic rings. The van der Waals surface area contributed by atoms with E-state index in [0.29, 0.717) is 0 Å². The highest BCUT2D eigenvalue weighted by Crippen LogP contribution is 1.30. The fourth-order valence-electron chi connectivity index (χ4n) is 0. The van der Waals surface area contributed by atoms with Crippen LogP contribution in [0.3, 0.4) is 0 Å². The molecule has 0 aromatic carbocycles. The maximum atomic E-state index is 3.25. The third-order valence-electron chi connectivity index (χ3n) is 0.102. The lowest BCUT2D eigenvalue weighted by Crippen LogP contribution is -1.50. The fourth-order valence-corrected chi connectivity index (χ4v) is 0. The Hall–Kier alpha value is -0.263. The highest BCUT2D eigenvalue weighted by atomic mass is 28.1. The van der Waals surface area contributed by atoms with Crippen molar-refractivity contribution >= 4 is 15.5 Å². The van der Waals surface area contributed by atoms with Crippen LogP contribution in [-0.4, -0.2) is 15.5 Å². The second-order valence-electron chi connectivity index (χ2n) is 0.348. The van der Waals surface area contributed by atoms with Crippen LogP contribution in [0.5, 0.6) is 0 Å². The summed E-state index contributed by atoms with van der Waals surface area (Å²) >= 11 is 0. The molecule has 0 atom stereocenters. The quantitative estimate of drug-likeness (QED) is 0.298. The number of hydrogen-bond acceptors (Lipinski definition) is 0. The molecule has 0 N–H and O–H groups in total. The molecule has 0 rings (SSSR count). The molecule has 0 nitrogen and oxygen atoms in total. The van der Waals surface area contributed by atoms with Gasteiger partial charge in [-0.3, -0.25) is 0 Å². The summed E-state index contributed by atoms with van der Waals surface area (Å²) in [7, 11) is 2.99. The molecule has 0 bridgehead atoms. The van der Waals surface area contributed by atoms with E-state index in [9.17, 15) is 0 Å². The Morgan fingerprint density at radius 2 is 2.25 bits per heavy atom. The van der Waals surface area contributed by atoms with Crippen molar-refractivity contribution in [3.8, 4) is 0 Å². The van der Waals surface area contributed by atoms with Crippen LogP contribution in [0.4, 0.5) is 0 Å². The van der Waals surface area contributed by atoms with E-state index < -0.39 is 0 Å². The molecule has 0 spiro atoms. The Balaban J connectivity index is 2.73. The van der Waals surface area contributed by atoms with Gasteiger partial charge in [0.2, 0.25) is 6.08 Å². The van der Waals surface area contributed by atoms with Gasteiger partial charge in [0.25, 0.3) is 0 Å². The summed E-state index contributed by atoms with van der Waals surface area (Å²) in [4.78, 5) is 0. The molecular formula is C3H3Si. The standard InChI is InChI=1S/C3H3Si/c1-2-3-4/h3H,1H2. The van der Waals surface area contributed by atoms with Gasteiger partial charge in [-0.2, -0.15) is 0 Å². The van der Waals surface area contributed by atoms with Crippen molar-refractivity contribution in [2.45, 2.75) is 0 Å². The number of allylic oxidation sites excluding steroid dienone is 1. The first kappa shape index (κ1) is 3.74. The third-order valence-corrected chi connectivity index (χ3v) is 0.306. The molecule has 1 radical (unpaired) electrons. The van der Waals surface area contributed by atoms with Crippen LogP contribution in [0.15, 0.2) is 6.58 Å². The van der Waals surface area contributed by atoms with Gasteiger partial charge in [0, 0.05) is 0 Å². The van der Waals surface area contributed by atoms with Crippen LogP contribution < -0.4 is 0 Å². The van der Waals surface area contributed by atoms with Crippen molar-refractivity contribution in [2.24, 2.45) is 0 Å². The molecule has 0 heterocycles. The van der Waals surface area contributed by atoms with Gasteiger partial charge in [0.15, 0.2) is 0 Å². The Bertz CT molecular complexity index is 24.3. The Morgan fingerprint density at radius 3 is 2.25 bits per heavy atom. The van der Waals surface area contributed by atoms with Crippen LogP contribution in [-0.2, 0) is 0 Å². The average molecular weight is 67.1 g/mol. The summed E-state index contributed by atoms with van der Waals surface area (Å²) in [5.74, 6) is 0. The van der Waals surface area contributed by atoms with Gasteiger partial charge >= 0.3 is 0 Å². The fraction of sp³-hybridized carbons (Fsp3) is 0. The predicted molar refractivity (Wildman–Crippen MR) is 20.7 cm³/mol. The van der Waals surface area contributed by atoms with Crippen molar-refractivity contribution < 1.29 is 0 Å².